The zero-order valence-corrected chi connectivity index (χ0v) is 18.9. The van der Waals surface area contributed by atoms with Crippen LogP contribution >= 0.6 is 0 Å². The largest absolute Gasteiger partial charge is 0.453 e. The van der Waals surface area contributed by atoms with Gasteiger partial charge in [0, 0.05) is 22.9 Å². The molecule has 2 aliphatic rings. The number of aromatic nitrogens is 4. The molecular weight excluding hydrogens is 485 g/mol. The summed E-state index contributed by atoms with van der Waals surface area (Å²) in [5.74, 6) is -2.61. The smallest absolute Gasteiger partial charge is 0.435 e. The Bertz CT molecular complexity index is 1250. The minimum atomic E-state index is -4.84. The molecule has 2 aromatic carbocycles. The standard InChI is InChI=1S/C24H22F5N5O2/c25-22(26)36-18-8-7-15(34-21(24(27,28)29)31-32-33-34)13-17(18)16-9-11-23(20(16)35)10-4-12-30-19(23)14-5-2-1-3-6-14/h1-3,5-8,13,16,19,22,30H,4,9-12H2. The molecule has 1 aliphatic heterocycles. The first-order valence-corrected chi connectivity index (χ1v) is 11.5. The Morgan fingerprint density at radius 2 is 1.89 bits per heavy atom. The van der Waals surface area contributed by atoms with Crippen molar-refractivity contribution in [2.24, 2.45) is 5.41 Å². The molecule has 0 bridgehead atoms. The fraction of sp³-hybridized carbons (Fsp3) is 0.417. The summed E-state index contributed by atoms with van der Waals surface area (Å²) in [6.07, 6.45) is -2.62. The number of halogens is 5. The van der Waals surface area contributed by atoms with Crippen molar-refractivity contribution in [3.05, 3.63) is 65.5 Å². The van der Waals surface area contributed by atoms with Crippen LogP contribution in [0.25, 0.3) is 5.69 Å². The van der Waals surface area contributed by atoms with E-state index in [0.717, 1.165) is 30.7 Å². The summed E-state index contributed by atoms with van der Waals surface area (Å²) in [6.45, 7) is -2.44. The molecule has 3 unspecified atom stereocenters. The van der Waals surface area contributed by atoms with Crippen LogP contribution in [-0.4, -0.2) is 39.1 Å². The lowest BCUT2D eigenvalue weighted by Crippen LogP contribution is -2.46. The van der Waals surface area contributed by atoms with Crippen LogP contribution in [-0.2, 0) is 11.0 Å². The minimum Gasteiger partial charge on any atom is -0.435 e. The Morgan fingerprint density at radius 3 is 2.61 bits per heavy atom. The van der Waals surface area contributed by atoms with E-state index in [-0.39, 0.29) is 28.8 Å². The zero-order chi connectivity index (χ0) is 25.5. The molecule has 1 N–H and O–H groups in total. The third-order valence-electron chi connectivity index (χ3n) is 7.07. The molecule has 2 fully saturated rings. The van der Waals surface area contributed by atoms with Crippen LogP contribution in [0, 0.1) is 5.41 Å². The van der Waals surface area contributed by atoms with Gasteiger partial charge in [0.05, 0.1) is 5.69 Å². The molecule has 2 heterocycles. The number of nitrogens with one attached hydrogen (secondary N) is 1. The Balaban J connectivity index is 1.56. The molecule has 12 heteroatoms. The van der Waals surface area contributed by atoms with Gasteiger partial charge in [-0.1, -0.05) is 30.3 Å². The van der Waals surface area contributed by atoms with Gasteiger partial charge in [-0.05, 0) is 66.4 Å². The van der Waals surface area contributed by atoms with Crippen LogP contribution in [0.5, 0.6) is 5.75 Å². The Kier molecular flexibility index (Phi) is 6.23. The summed E-state index contributed by atoms with van der Waals surface area (Å²) >= 11 is 0. The molecule has 1 saturated carbocycles. The molecule has 0 radical (unpaired) electrons. The van der Waals surface area contributed by atoms with Gasteiger partial charge < -0.3 is 10.1 Å². The van der Waals surface area contributed by atoms with Gasteiger partial charge >= 0.3 is 12.8 Å². The Labute approximate surface area is 202 Å². The third-order valence-corrected chi connectivity index (χ3v) is 7.07. The van der Waals surface area contributed by atoms with Crippen LogP contribution in [0.15, 0.2) is 48.5 Å². The van der Waals surface area contributed by atoms with E-state index in [9.17, 15) is 26.7 Å². The van der Waals surface area contributed by atoms with Crippen molar-refractivity contribution < 1.29 is 31.5 Å². The number of ether oxygens (including phenoxy) is 1. The number of carbonyl (C=O) groups excluding carboxylic acids is 1. The number of rotatable bonds is 5. The average Bonchev–Trinajstić information content (AvgIpc) is 3.47. The molecule has 1 spiro atoms. The highest BCUT2D eigenvalue weighted by Gasteiger charge is 2.54. The first-order valence-electron chi connectivity index (χ1n) is 11.5. The number of tetrazole rings is 1. The molecule has 0 amide bonds. The number of hydrogen-bond donors (Lipinski definition) is 1. The van der Waals surface area contributed by atoms with Crippen LogP contribution in [0.1, 0.15) is 54.6 Å². The monoisotopic (exact) mass is 507 g/mol. The average molecular weight is 507 g/mol. The summed E-state index contributed by atoms with van der Waals surface area (Å²) in [4.78, 5) is 14.0. The van der Waals surface area contributed by atoms with Crippen molar-refractivity contribution in [3.63, 3.8) is 0 Å². The van der Waals surface area contributed by atoms with Gasteiger partial charge in [-0.2, -0.15) is 26.6 Å². The second-order valence-electron chi connectivity index (χ2n) is 9.03. The van der Waals surface area contributed by atoms with Crippen molar-refractivity contribution in [1.82, 2.24) is 25.5 Å². The fourth-order valence-corrected chi connectivity index (χ4v) is 5.59. The van der Waals surface area contributed by atoms with Crippen molar-refractivity contribution in [3.8, 4) is 11.4 Å². The molecule has 3 atom stereocenters. The first-order chi connectivity index (χ1) is 17.2. The molecular formula is C24H22F5N5O2. The predicted molar refractivity (Wildman–Crippen MR) is 117 cm³/mol. The van der Waals surface area contributed by atoms with Gasteiger partial charge in [-0.15, -0.1) is 5.10 Å². The van der Waals surface area contributed by atoms with E-state index >= 15 is 0 Å². The quantitative estimate of drug-likeness (QED) is 0.498. The number of piperidine rings is 1. The van der Waals surface area contributed by atoms with Gasteiger partial charge in [-0.25, -0.2) is 0 Å². The topological polar surface area (TPSA) is 81.9 Å². The molecule has 190 valence electrons. The van der Waals surface area contributed by atoms with Crippen LogP contribution in [0.2, 0.25) is 0 Å². The van der Waals surface area contributed by atoms with E-state index in [1.807, 2.05) is 30.3 Å². The normalized spacial score (nSPS) is 24.6. The van der Waals surface area contributed by atoms with E-state index in [2.05, 4.69) is 25.6 Å². The van der Waals surface area contributed by atoms with Crippen LogP contribution < -0.4 is 10.1 Å². The van der Waals surface area contributed by atoms with E-state index in [4.69, 9.17) is 0 Å². The van der Waals surface area contributed by atoms with E-state index < -0.39 is 29.9 Å². The van der Waals surface area contributed by atoms with Crippen molar-refractivity contribution >= 4 is 5.78 Å². The highest BCUT2D eigenvalue weighted by molar-refractivity contribution is 5.94. The summed E-state index contributed by atoms with van der Waals surface area (Å²) in [5, 5.41) is 13.0. The van der Waals surface area contributed by atoms with Crippen molar-refractivity contribution in [1.29, 1.82) is 0 Å². The van der Waals surface area contributed by atoms with E-state index in [1.165, 1.54) is 6.07 Å². The lowest BCUT2D eigenvalue weighted by atomic mass is 9.68. The molecule has 1 aromatic heterocycles. The summed E-state index contributed by atoms with van der Waals surface area (Å²) in [5.41, 5.74) is 0.163. The zero-order valence-electron chi connectivity index (χ0n) is 18.9. The van der Waals surface area contributed by atoms with Gasteiger partial charge in [0.2, 0.25) is 0 Å². The van der Waals surface area contributed by atoms with Gasteiger partial charge in [0.1, 0.15) is 11.5 Å². The molecule has 3 aromatic rings. The number of benzene rings is 2. The molecule has 7 nitrogen and oxygen atoms in total. The molecule has 1 saturated heterocycles. The Morgan fingerprint density at radius 1 is 1.11 bits per heavy atom. The molecule has 36 heavy (non-hydrogen) atoms. The SMILES string of the molecule is O=C1C(c2cc(-n3nnnc3C(F)(F)F)ccc2OC(F)F)CCC12CCCNC2c1ccccc1. The number of ketones is 1. The lowest BCUT2D eigenvalue weighted by molar-refractivity contribution is -0.146. The third kappa shape index (κ3) is 4.23. The van der Waals surface area contributed by atoms with Crippen LogP contribution in [0.4, 0.5) is 22.0 Å². The first kappa shape index (κ1) is 24.3. The fourth-order valence-electron chi connectivity index (χ4n) is 5.59. The minimum absolute atomic E-state index is 0.0932. The highest BCUT2D eigenvalue weighted by atomic mass is 19.4. The summed E-state index contributed by atoms with van der Waals surface area (Å²) < 4.78 is 71.7. The maximum Gasteiger partial charge on any atom is 0.453 e. The maximum atomic E-state index is 14.0. The van der Waals surface area contributed by atoms with Gasteiger partial charge in [-0.3, -0.25) is 4.79 Å². The number of hydrogen-bond acceptors (Lipinski definition) is 6. The number of Topliss-reactive ketones (excluding diaryl/α,β-unsaturated/α-hetero) is 1. The number of carbonyl (C=O) groups is 1. The summed E-state index contributed by atoms with van der Waals surface area (Å²) in [7, 11) is 0. The number of nitrogens with zero attached hydrogens (tertiary/aromatic N) is 4. The van der Waals surface area contributed by atoms with Gasteiger partial charge in [0.25, 0.3) is 5.82 Å². The van der Waals surface area contributed by atoms with Crippen molar-refractivity contribution in [2.75, 3.05) is 6.54 Å². The second-order valence-corrected chi connectivity index (χ2v) is 9.03. The molecule has 5 rings (SSSR count). The van der Waals surface area contributed by atoms with E-state index in [1.54, 1.807) is 0 Å². The Hall–Kier alpha value is -3.41. The number of alkyl halides is 5. The van der Waals surface area contributed by atoms with Gasteiger partial charge in [0.15, 0.2) is 0 Å². The maximum absolute atomic E-state index is 14.0. The lowest BCUT2D eigenvalue weighted by Gasteiger charge is -2.41. The van der Waals surface area contributed by atoms with E-state index in [0.29, 0.717) is 23.9 Å². The van der Waals surface area contributed by atoms with Crippen molar-refractivity contribution in [2.45, 2.75) is 50.4 Å². The highest BCUT2D eigenvalue weighted by Crippen LogP contribution is 2.55. The molecule has 1 aliphatic carbocycles. The van der Waals surface area contributed by atoms with Crippen LogP contribution in [0.3, 0.4) is 0 Å². The second kappa shape index (κ2) is 9.23. The summed E-state index contributed by atoms with van der Waals surface area (Å²) in [6, 6.07) is 12.8. The predicted octanol–water partition coefficient (Wildman–Crippen LogP) is 4.84.